The van der Waals surface area contributed by atoms with Crippen LogP contribution in [0.3, 0.4) is 0 Å². The van der Waals surface area contributed by atoms with Gasteiger partial charge in [0, 0.05) is 35.8 Å². The number of esters is 1. The first-order chi connectivity index (χ1) is 12.9. The lowest BCUT2D eigenvalue weighted by atomic mass is 10.2. The molecule has 27 heavy (non-hydrogen) atoms. The quantitative estimate of drug-likeness (QED) is 0.646. The highest BCUT2D eigenvalue weighted by atomic mass is 35.5. The summed E-state index contributed by atoms with van der Waals surface area (Å²) < 4.78 is 12.0. The van der Waals surface area contributed by atoms with E-state index >= 15 is 0 Å². The SMILES string of the molecule is CCOC(=O)CN(CCOC)C(=O)c1cc(C)n(-c2cccc(Cl)c2)c1C. The second-order valence-corrected chi connectivity index (χ2v) is 6.56. The van der Waals surface area contributed by atoms with Gasteiger partial charge in [-0.3, -0.25) is 9.59 Å². The van der Waals surface area contributed by atoms with Crippen LogP contribution in [0.5, 0.6) is 0 Å². The number of nitrogens with zero attached hydrogens (tertiary/aromatic N) is 2. The number of aryl methyl sites for hydroxylation is 1. The summed E-state index contributed by atoms with van der Waals surface area (Å²) >= 11 is 6.11. The number of carbonyl (C=O) groups excluding carboxylic acids is 2. The summed E-state index contributed by atoms with van der Waals surface area (Å²) in [6.07, 6.45) is 0. The number of halogens is 1. The van der Waals surface area contributed by atoms with Crippen molar-refractivity contribution >= 4 is 23.5 Å². The van der Waals surface area contributed by atoms with E-state index in [1.54, 1.807) is 20.1 Å². The lowest BCUT2D eigenvalue weighted by Crippen LogP contribution is -2.38. The zero-order chi connectivity index (χ0) is 20.0. The molecule has 0 aliphatic heterocycles. The molecule has 0 radical (unpaired) electrons. The zero-order valence-corrected chi connectivity index (χ0v) is 16.9. The van der Waals surface area contributed by atoms with Crippen LogP contribution in [0.15, 0.2) is 30.3 Å². The Labute approximate surface area is 164 Å². The molecule has 1 amide bonds. The number of benzene rings is 1. The van der Waals surface area contributed by atoms with Crippen LogP contribution in [0.1, 0.15) is 28.7 Å². The van der Waals surface area contributed by atoms with Gasteiger partial charge in [0.1, 0.15) is 6.54 Å². The Hall–Kier alpha value is -2.31. The number of amides is 1. The number of methoxy groups -OCH3 is 1. The van der Waals surface area contributed by atoms with Crippen molar-refractivity contribution in [1.82, 2.24) is 9.47 Å². The van der Waals surface area contributed by atoms with Crippen molar-refractivity contribution in [2.75, 3.05) is 33.4 Å². The summed E-state index contributed by atoms with van der Waals surface area (Å²) in [6.45, 7) is 6.33. The molecule has 1 aromatic heterocycles. The second-order valence-electron chi connectivity index (χ2n) is 6.12. The van der Waals surface area contributed by atoms with Crippen LogP contribution in [0, 0.1) is 13.8 Å². The fourth-order valence-electron chi connectivity index (χ4n) is 2.98. The number of carbonyl (C=O) groups is 2. The van der Waals surface area contributed by atoms with Gasteiger partial charge in [0.05, 0.1) is 18.8 Å². The molecule has 0 unspecified atom stereocenters. The van der Waals surface area contributed by atoms with Gasteiger partial charge >= 0.3 is 5.97 Å². The smallest absolute Gasteiger partial charge is 0.325 e. The molecule has 1 aromatic carbocycles. The topological polar surface area (TPSA) is 60.8 Å². The highest BCUT2D eigenvalue weighted by molar-refractivity contribution is 6.30. The van der Waals surface area contributed by atoms with E-state index in [0.717, 1.165) is 17.1 Å². The molecule has 0 saturated heterocycles. The second kappa shape index (κ2) is 9.58. The molecule has 0 bridgehead atoms. The van der Waals surface area contributed by atoms with E-state index in [-0.39, 0.29) is 19.1 Å². The van der Waals surface area contributed by atoms with Gasteiger partial charge in [-0.1, -0.05) is 17.7 Å². The van der Waals surface area contributed by atoms with Crippen LogP contribution in [-0.4, -0.2) is 54.8 Å². The van der Waals surface area contributed by atoms with Crippen molar-refractivity contribution in [3.05, 3.63) is 52.3 Å². The average molecular weight is 393 g/mol. The molecule has 7 heteroatoms. The maximum absolute atomic E-state index is 13.1. The van der Waals surface area contributed by atoms with E-state index in [1.165, 1.54) is 4.90 Å². The van der Waals surface area contributed by atoms with E-state index in [2.05, 4.69) is 0 Å². The van der Waals surface area contributed by atoms with Crippen LogP contribution in [0.4, 0.5) is 0 Å². The third kappa shape index (κ3) is 5.11. The standard InChI is InChI=1S/C20H25ClN2O4/c1-5-27-19(24)13-22(9-10-26-4)20(25)18-11-14(2)23(15(18)3)17-8-6-7-16(21)12-17/h6-8,11-12H,5,9-10,13H2,1-4H3. The van der Waals surface area contributed by atoms with Gasteiger partial charge in [0.15, 0.2) is 0 Å². The number of hydrogen-bond acceptors (Lipinski definition) is 4. The van der Waals surface area contributed by atoms with E-state index in [1.807, 2.05) is 42.7 Å². The van der Waals surface area contributed by atoms with Crippen molar-refractivity contribution in [3.63, 3.8) is 0 Å². The molecule has 1 heterocycles. The third-order valence-corrected chi connectivity index (χ3v) is 4.44. The maximum Gasteiger partial charge on any atom is 0.325 e. The summed E-state index contributed by atoms with van der Waals surface area (Å²) in [5.41, 5.74) is 3.10. The molecular weight excluding hydrogens is 368 g/mol. The Kier molecular flexibility index (Phi) is 7.45. The first-order valence-electron chi connectivity index (χ1n) is 8.77. The van der Waals surface area contributed by atoms with Crippen molar-refractivity contribution in [1.29, 1.82) is 0 Å². The van der Waals surface area contributed by atoms with Crippen LogP contribution < -0.4 is 0 Å². The molecule has 0 fully saturated rings. The van der Waals surface area contributed by atoms with E-state index < -0.39 is 5.97 Å². The Morgan fingerprint density at radius 3 is 2.59 bits per heavy atom. The lowest BCUT2D eigenvalue weighted by Gasteiger charge is -2.21. The van der Waals surface area contributed by atoms with Crippen LogP contribution in [0.2, 0.25) is 5.02 Å². The molecule has 0 saturated carbocycles. The summed E-state index contributed by atoms with van der Waals surface area (Å²) in [7, 11) is 1.55. The van der Waals surface area contributed by atoms with Crippen molar-refractivity contribution in [2.24, 2.45) is 0 Å². The predicted molar refractivity (Wildman–Crippen MR) is 105 cm³/mol. The molecule has 0 N–H and O–H groups in total. The van der Waals surface area contributed by atoms with Gasteiger partial charge in [-0.25, -0.2) is 0 Å². The van der Waals surface area contributed by atoms with Gasteiger partial charge in [-0.05, 0) is 45.0 Å². The molecule has 146 valence electrons. The molecule has 0 aliphatic rings. The fourth-order valence-corrected chi connectivity index (χ4v) is 3.16. The number of hydrogen-bond donors (Lipinski definition) is 0. The highest BCUT2D eigenvalue weighted by Crippen LogP contribution is 2.24. The normalized spacial score (nSPS) is 10.7. The van der Waals surface area contributed by atoms with E-state index in [0.29, 0.717) is 23.7 Å². The van der Waals surface area contributed by atoms with Crippen LogP contribution in [-0.2, 0) is 14.3 Å². The van der Waals surface area contributed by atoms with Crippen LogP contribution >= 0.6 is 11.6 Å². The summed E-state index contributed by atoms with van der Waals surface area (Å²) in [5.74, 6) is -0.674. The molecule has 2 aromatic rings. The largest absolute Gasteiger partial charge is 0.465 e. The number of ether oxygens (including phenoxy) is 2. The Balaban J connectivity index is 2.35. The number of rotatable bonds is 8. The Morgan fingerprint density at radius 1 is 1.22 bits per heavy atom. The molecule has 0 aliphatic carbocycles. The highest BCUT2D eigenvalue weighted by Gasteiger charge is 2.24. The zero-order valence-electron chi connectivity index (χ0n) is 16.1. The van der Waals surface area contributed by atoms with E-state index in [9.17, 15) is 9.59 Å². The first kappa shape index (κ1) is 21.0. The lowest BCUT2D eigenvalue weighted by molar-refractivity contribution is -0.143. The minimum atomic E-state index is -0.439. The van der Waals surface area contributed by atoms with Crippen molar-refractivity contribution in [3.8, 4) is 5.69 Å². The minimum absolute atomic E-state index is 0.114. The molecule has 2 rings (SSSR count). The summed E-state index contributed by atoms with van der Waals surface area (Å²) in [6, 6.07) is 9.27. The minimum Gasteiger partial charge on any atom is -0.465 e. The molecular formula is C20H25ClN2O4. The summed E-state index contributed by atoms with van der Waals surface area (Å²) in [5, 5.41) is 0.622. The van der Waals surface area contributed by atoms with Gasteiger partial charge in [0.25, 0.3) is 5.91 Å². The van der Waals surface area contributed by atoms with Gasteiger partial charge < -0.3 is 18.9 Å². The number of aromatic nitrogens is 1. The fraction of sp³-hybridized carbons (Fsp3) is 0.400. The van der Waals surface area contributed by atoms with Gasteiger partial charge in [-0.2, -0.15) is 0 Å². The van der Waals surface area contributed by atoms with Crippen molar-refractivity contribution < 1.29 is 19.1 Å². The molecule has 0 spiro atoms. The van der Waals surface area contributed by atoms with Gasteiger partial charge in [0.2, 0.25) is 0 Å². The Morgan fingerprint density at radius 2 is 1.96 bits per heavy atom. The Bertz CT molecular complexity index is 816. The molecule has 0 atom stereocenters. The monoisotopic (exact) mass is 392 g/mol. The summed E-state index contributed by atoms with van der Waals surface area (Å²) in [4.78, 5) is 26.4. The van der Waals surface area contributed by atoms with Crippen molar-refractivity contribution in [2.45, 2.75) is 20.8 Å². The average Bonchev–Trinajstić information content (AvgIpc) is 2.92. The predicted octanol–water partition coefficient (Wildman–Crippen LogP) is 3.40. The maximum atomic E-state index is 13.1. The molecule has 6 nitrogen and oxygen atoms in total. The third-order valence-electron chi connectivity index (χ3n) is 4.21. The van der Waals surface area contributed by atoms with Gasteiger partial charge in [-0.15, -0.1) is 0 Å². The van der Waals surface area contributed by atoms with E-state index in [4.69, 9.17) is 21.1 Å². The first-order valence-corrected chi connectivity index (χ1v) is 9.15. The van der Waals surface area contributed by atoms with Crippen LogP contribution in [0.25, 0.3) is 5.69 Å².